The molecule has 0 radical (unpaired) electrons. The third-order valence-electron chi connectivity index (χ3n) is 3.30. The molecule has 1 aliphatic carbocycles. The number of rotatable bonds is 5. The molecule has 0 spiro atoms. The standard InChI is InChI=1S/C13H14Cl2FNO/c14-7-13(4-5-13)8-17-12(18)6-9-10(15)2-1-3-11(9)16/h1-3H,4-8H2,(H,17,18). The Balaban J connectivity index is 1.91. The molecule has 1 aromatic carbocycles. The summed E-state index contributed by atoms with van der Waals surface area (Å²) in [7, 11) is 0. The van der Waals surface area contributed by atoms with Gasteiger partial charge in [0.2, 0.25) is 5.91 Å². The molecule has 0 atom stereocenters. The summed E-state index contributed by atoms with van der Waals surface area (Å²) >= 11 is 11.7. The van der Waals surface area contributed by atoms with Gasteiger partial charge in [0, 0.05) is 28.4 Å². The van der Waals surface area contributed by atoms with Crippen molar-refractivity contribution >= 4 is 29.1 Å². The zero-order chi connectivity index (χ0) is 13.2. The highest BCUT2D eigenvalue weighted by molar-refractivity contribution is 6.31. The molecule has 5 heteroatoms. The summed E-state index contributed by atoms with van der Waals surface area (Å²) in [5.41, 5.74) is 0.309. The number of alkyl halides is 1. The van der Waals surface area contributed by atoms with Crippen LogP contribution in [0.3, 0.4) is 0 Å². The lowest BCUT2D eigenvalue weighted by molar-refractivity contribution is -0.120. The van der Waals surface area contributed by atoms with Gasteiger partial charge in [0.1, 0.15) is 5.82 Å². The highest BCUT2D eigenvalue weighted by Gasteiger charge is 2.41. The van der Waals surface area contributed by atoms with Crippen molar-refractivity contribution in [3.8, 4) is 0 Å². The summed E-state index contributed by atoms with van der Waals surface area (Å²) in [6.07, 6.45) is 2.04. The second-order valence-electron chi connectivity index (χ2n) is 4.79. The number of benzene rings is 1. The van der Waals surface area contributed by atoms with Crippen molar-refractivity contribution in [3.05, 3.63) is 34.6 Å². The number of carbonyl (C=O) groups is 1. The van der Waals surface area contributed by atoms with Gasteiger partial charge in [-0.1, -0.05) is 17.7 Å². The van der Waals surface area contributed by atoms with Gasteiger partial charge in [-0.3, -0.25) is 4.79 Å². The largest absolute Gasteiger partial charge is 0.355 e. The van der Waals surface area contributed by atoms with Crippen LogP contribution in [0.5, 0.6) is 0 Å². The molecule has 2 nitrogen and oxygen atoms in total. The van der Waals surface area contributed by atoms with E-state index in [1.54, 1.807) is 6.07 Å². The summed E-state index contributed by atoms with van der Waals surface area (Å²) in [5, 5.41) is 3.07. The summed E-state index contributed by atoms with van der Waals surface area (Å²) in [6.45, 7) is 0.557. The van der Waals surface area contributed by atoms with Gasteiger partial charge in [0.25, 0.3) is 0 Å². The third kappa shape index (κ3) is 3.15. The van der Waals surface area contributed by atoms with Crippen LogP contribution in [0, 0.1) is 11.2 Å². The Hall–Kier alpha value is -0.800. The lowest BCUT2D eigenvalue weighted by Crippen LogP contribution is -2.32. The van der Waals surface area contributed by atoms with E-state index in [4.69, 9.17) is 23.2 Å². The van der Waals surface area contributed by atoms with Gasteiger partial charge < -0.3 is 5.32 Å². The predicted octanol–water partition coefficient (Wildman–Crippen LogP) is 3.16. The fourth-order valence-electron chi connectivity index (χ4n) is 1.74. The van der Waals surface area contributed by atoms with Gasteiger partial charge in [0.15, 0.2) is 0 Å². The molecule has 0 bridgehead atoms. The summed E-state index contributed by atoms with van der Waals surface area (Å²) in [5.74, 6) is -0.122. The van der Waals surface area contributed by atoms with Gasteiger partial charge in [-0.2, -0.15) is 0 Å². The molecule has 2 rings (SSSR count). The Morgan fingerprint density at radius 2 is 2.17 bits per heavy atom. The number of amides is 1. The molecule has 0 unspecified atom stereocenters. The Bertz CT molecular complexity index is 440. The van der Waals surface area contributed by atoms with Crippen molar-refractivity contribution < 1.29 is 9.18 Å². The Morgan fingerprint density at radius 3 is 2.72 bits per heavy atom. The number of hydrogen-bond donors (Lipinski definition) is 1. The van der Waals surface area contributed by atoms with E-state index in [0.717, 1.165) is 12.8 Å². The summed E-state index contributed by atoms with van der Waals surface area (Å²) in [4.78, 5) is 11.7. The maximum atomic E-state index is 13.5. The molecule has 0 aliphatic heterocycles. The van der Waals surface area contributed by atoms with E-state index in [-0.39, 0.29) is 28.3 Å². The van der Waals surface area contributed by atoms with Crippen LogP contribution in [0.1, 0.15) is 18.4 Å². The van der Waals surface area contributed by atoms with E-state index in [9.17, 15) is 9.18 Å². The maximum absolute atomic E-state index is 13.5. The van der Waals surface area contributed by atoms with Gasteiger partial charge in [0.05, 0.1) is 6.42 Å². The molecule has 98 valence electrons. The van der Waals surface area contributed by atoms with Crippen LogP contribution in [0.15, 0.2) is 18.2 Å². The molecular weight excluding hydrogens is 276 g/mol. The van der Waals surface area contributed by atoms with Crippen LogP contribution < -0.4 is 5.32 Å². The molecular formula is C13H14Cl2FNO. The van der Waals surface area contributed by atoms with Crippen molar-refractivity contribution in [2.75, 3.05) is 12.4 Å². The van der Waals surface area contributed by atoms with E-state index < -0.39 is 5.82 Å². The Labute approximate surface area is 115 Å². The molecule has 0 heterocycles. The predicted molar refractivity (Wildman–Crippen MR) is 70.5 cm³/mol. The van der Waals surface area contributed by atoms with E-state index in [1.165, 1.54) is 12.1 Å². The first-order valence-corrected chi connectivity index (χ1v) is 6.73. The van der Waals surface area contributed by atoms with Crippen LogP contribution in [0.2, 0.25) is 5.02 Å². The van der Waals surface area contributed by atoms with Crippen LogP contribution >= 0.6 is 23.2 Å². The van der Waals surface area contributed by atoms with E-state index in [0.29, 0.717) is 12.4 Å². The van der Waals surface area contributed by atoms with Crippen LogP contribution in [-0.4, -0.2) is 18.3 Å². The highest BCUT2D eigenvalue weighted by Crippen LogP contribution is 2.45. The Kier molecular flexibility index (Phi) is 4.13. The Morgan fingerprint density at radius 1 is 1.44 bits per heavy atom. The average Bonchev–Trinajstić information content (AvgIpc) is 3.12. The van der Waals surface area contributed by atoms with Gasteiger partial charge in [-0.05, 0) is 25.0 Å². The minimum Gasteiger partial charge on any atom is -0.355 e. The minimum absolute atomic E-state index is 0.0378. The first-order valence-electron chi connectivity index (χ1n) is 5.82. The van der Waals surface area contributed by atoms with Crippen LogP contribution in [0.25, 0.3) is 0 Å². The zero-order valence-corrected chi connectivity index (χ0v) is 11.3. The normalized spacial score (nSPS) is 16.4. The van der Waals surface area contributed by atoms with Gasteiger partial charge in [-0.15, -0.1) is 11.6 Å². The molecule has 1 amide bonds. The second-order valence-corrected chi connectivity index (χ2v) is 5.46. The van der Waals surface area contributed by atoms with Crippen molar-refractivity contribution in [2.24, 2.45) is 5.41 Å². The lowest BCUT2D eigenvalue weighted by atomic mass is 10.1. The lowest BCUT2D eigenvalue weighted by Gasteiger charge is -2.13. The number of halogens is 3. The number of hydrogen-bond acceptors (Lipinski definition) is 1. The molecule has 0 aromatic heterocycles. The average molecular weight is 290 g/mol. The highest BCUT2D eigenvalue weighted by atomic mass is 35.5. The molecule has 1 N–H and O–H groups in total. The fourth-order valence-corrected chi connectivity index (χ4v) is 2.34. The van der Waals surface area contributed by atoms with Crippen LogP contribution in [0.4, 0.5) is 4.39 Å². The van der Waals surface area contributed by atoms with Gasteiger partial charge >= 0.3 is 0 Å². The van der Waals surface area contributed by atoms with E-state index >= 15 is 0 Å². The molecule has 0 saturated heterocycles. The van der Waals surface area contributed by atoms with Gasteiger partial charge in [-0.25, -0.2) is 4.39 Å². The molecule has 1 fully saturated rings. The number of carbonyl (C=O) groups excluding carboxylic acids is 1. The molecule has 18 heavy (non-hydrogen) atoms. The van der Waals surface area contributed by atoms with E-state index in [1.807, 2.05) is 0 Å². The molecule has 1 aliphatic rings. The first kappa shape index (κ1) is 13.6. The van der Waals surface area contributed by atoms with E-state index in [2.05, 4.69) is 5.32 Å². The third-order valence-corrected chi connectivity index (χ3v) is 4.22. The smallest absolute Gasteiger partial charge is 0.224 e. The first-order chi connectivity index (χ1) is 8.56. The molecule has 1 saturated carbocycles. The monoisotopic (exact) mass is 289 g/mol. The topological polar surface area (TPSA) is 29.1 Å². The quantitative estimate of drug-likeness (QED) is 0.829. The van der Waals surface area contributed by atoms with Crippen LogP contribution in [-0.2, 0) is 11.2 Å². The summed E-state index contributed by atoms with van der Waals surface area (Å²) in [6, 6.07) is 4.40. The number of nitrogens with one attached hydrogen (secondary N) is 1. The molecule has 1 aromatic rings. The van der Waals surface area contributed by atoms with Crippen molar-refractivity contribution in [1.29, 1.82) is 0 Å². The van der Waals surface area contributed by atoms with Crippen molar-refractivity contribution in [2.45, 2.75) is 19.3 Å². The second kappa shape index (κ2) is 5.45. The fraction of sp³-hybridized carbons (Fsp3) is 0.462. The summed E-state index contributed by atoms with van der Waals surface area (Å²) < 4.78 is 13.5. The van der Waals surface area contributed by atoms with Crippen molar-refractivity contribution in [3.63, 3.8) is 0 Å². The zero-order valence-electron chi connectivity index (χ0n) is 9.81. The SMILES string of the molecule is O=C(Cc1c(F)cccc1Cl)NCC1(CCl)CC1. The van der Waals surface area contributed by atoms with Crippen molar-refractivity contribution in [1.82, 2.24) is 5.32 Å². The maximum Gasteiger partial charge on any atom is 0.224 e. The minimum atomic E-state index is -0.448.